The van der Waals surface area contributed by atoms with E-state index in [2.05, 4.69) is 21.5 Å². The van der Waals surface area contributed by atoms with Crippen LogP contribution in [0.25, 0.3) is 21.8 Å². The molecule has 2 heterocycles. The second-order valence-electron chi connectivity index (χ2n) is 6.37. The average molecular weight is 392 g/mol. The molecule has 1 N–H and O–H groups in total. The van der Waals surface area contributed by atoms with Gasteiger partial charge in [-0.3, -0.25) is 9.48 Å². The van der Waals surface area contributed by atoms with E-state index in [-0.39, 0.29) is 11.7 Å². The molecule has 0 aliphatic rings. The van der Waals surface area contributed by atoms with Crippen molar-refractivity contribution in [2.24, 2.45) is 7.05 Å². The summed E-state index contributed by atoms with van der Waals surface area (Å²) >= 11 is 1.58. The van der Waals surface area contributed by atoms with E-state index in [1.165, 1.54) is 24.3 Å². The smallest absolute Gasteiger partial charge is 0.276 e. The Kier molecular flexibility index (Phi) is 4.75. The Labute approximate surface area is 165 Å². The maximum Gasteiger partial charge on any atom is 0.276 e. The van der Waals surface area contributed by atoms with E-state index in [1.54, 1.807) is 35.3 Å². The van der Waals surface area contributed by atoms with E-state index in [1.807, 2.05) is 24.4 Å². The third-order valence-electron chi connectivity index (χ3n) is 4.41. The summed E-state index contributed by atoms with van der Waals surface area (Å²) in [6.45, 7) is 2.02. The van der Waals surface area contributed by atoms with Crippen molar-refractivity contribution in [2.45, 2.75) is 6.92 Å². The Morgan fingerprint density at radius 1 is 1.14 bits per heavy atom. The fourth-order valence-corrected chi connectivity index (χ4v) is 3.59. The third kappa shape index (κ3) is 3.57. The minimum atomic E-state index is -0.353. The van der Waals surface area contributed by atoms with Crippen LogP contribution in [0.3, 0.4) is 0 Å². The Hall–Kier alpha value is -3.32. The number of anilines is 1. The summed E-state index contributed by atoms with van der Waals surface area (Å²) < 4.78 is 14.7. The number of halogens is 1. The van der Waals surface area contributed by atoms with Gasteiger partial charge in [0.2, 0.25) is 0 Å². The molecule has 2 aromatic heterocycles. The number of nitrogens with zero attached hydrogens (tertiary/aromatic N) is 3. The first-order valence-corrected chi connectivity index (χ1v) is 9.51. The van der Waals surface area contributed by atoms with Gasteiger partial charge in [0, 0.05) is 35.4 Å². The van der Waals surface area contributed by atoms with E-state index in [0.29, 0.717) is 11.4 Å². The number of amides is 1. The number of hydrogen-bond donors (Lipinski definition) is 1. The molecular weight excluding hydrogens is 375 g/mol. The van der Waals surface area contributed by atoms with E-state index in [0.717, 1.165) is 27.4 Å². The van der Waals surface area contributed by atoms with Crippen molar-refractivity contribution in [1.29, 1.82) is 0 Å². The van der Waals surface area contributed by atoms with Crippen LogP contribution >= 0.6 is 11.3 Å². The molecule has 0 unspecified atom stereocenters. The zero-order valence-electron chi connectivity index (χ0n) is 15.3. The van der Waals surface area contributed by atoms with Gasteiger partial charge >= 0.3 is 0 Å². The topological polar surface area (TPSA) is 59.8 Å². The number of nitrogens with one attached hydrogen (secondary N) is 1. The van der Waals surface area contributed by atoms with Gasteiger partial charge in [-0.15, -0.1) is 11.3 Å². The number of benzene rings is 2. The Balaban J connectivity index is 1.65. The van der Waals surface area contributed by atoms with Crippen LogP contribution in [0.5, 0.6) is 0 Å². The first-order valence-electron chi connectivity index (χ1n) is 8.63. The summed E-state index contributed by atoms with van der Waals surface area (Å²) in [6, 6.07) is 13.5. The van der Waals surface area contributed by atoms with E-state index in [9.17, 15) is 9.18 Å². The summed E-state index contributed by atoms with van der Waals surface area (Å²) in [5.41, 5.74) is 4.73. The predicted molar refractivity (Wildman–Crippen MR) is 109 cm³/mol. The highest BCUT2D eigenvalue weighted by Crippen LogP contribution is 2.30. The molecule has 0 bridgehead atoms. The van der Waals surface area contributed by atoms with Crippen LogP contribution in [0.4, 0.5) is 10.1 Å². The maximum absolute atomic E-state index is 13.0. The summed E-state index contributed by atoms with van der Waals surface area (Å²) in [5.74, 6) is -0.698. The second-order valence-corrected chi connectivity index (χ2v) is 7.26. The molecule has 4 aromatic rings. The van der Waals surface area contributed by atoms with E-state index >= 15 is 0 Å². The molecule has 5 nitrogen and oxygen atoms in total. The van der Waals surface area contributed by atoms with Gasteiger partial charge in [0.15, 0.2) is 5.69 Å². The minimum Gasteiger partial charge on any atom is -0.321 e. The molecule has 4 rings (SSSR count). The lowest BCUT2D eigenvalue weighted by atomic mass is 10.0. The predicted octanol–water partition coefficient (Wildman–Crippen LogP) is 4.91. The zero-order valence-corrected chi connectivity index (χ0v) is 16.1. The van der Waals surface area contributed by atoms with Crippen molar-refractivity contribution in [1.82, 2.24) is 14.8 Å². The molecule has 0 aliphatic heterocycles. The van der Waals surface area contributed by atoms with Crippen molar-refractivity contribution in [2.75, 3.05) is 5.32 Å². The molecule has 1 amide bonds. The molecule has 0 aliphatic carbocycles. The van der Waals surface area contributed by atoms with Crippen LogP contribution in [-0.4, -0.2) is 20.7 Å². The summed E-state index contributed by atoms with van der Waals surface area (Å²) in [6.07, 6.45) is 1.78. The average Bonchev–Trinajstić information content (AvgIpc) is 3.34. The first kappa shape index (κ1) is 18.1. The lowest BCUT2D eigenvalue weighted by Gasteiger charge is -2.08. The number of hydrogen-bond acceptors (Lipinski definition) is 4. The maximum atomic E-state index is 13.0. The van der Waals surface area contributed by atoms with Crippen LogP contribution < -0.4 is 5.32 Å². The number of aromatic nitrogens is 3. The molecule has 0 saturated carbocycles. The van der Waals surface area contributed by atoms with Crippen LogP contribution in [0.2, 0.25) is 0 Å². The number of rotatable bonds is 4. The van der Waals surface area contributed by atoms with Gasteiger partial charge in [0.25, 0.3) is 5.91 Å². The zero-order chi connectivity index (χ0) is 19.7. The van der Waals surface area contributed by atoms with E-state index in [4.69, 9.17) is 0 Å². The Morgan fingerprint density at radius 2 is 1.93 bits per heavy atom. The third-order valence-corrected chi connectivity index (χ3v) is 5.23. The molecule has 28 heavy (non-hydrogen) atoms. The molecule has 2 aromatic carbocycles. The van der Waals surface area contributed by atoms with Crippen molar-refractivity contribution in [3.63, 3.8) is 0 Å². The van der Waals surface area contributed by atoms with Crippen LogP contribution in [0.15, 0.2) is 60.1 Å². The van der Waals surface area contributed by atoms with Gasteiger partial charge in [0.1, 0.15) is 10.8 Å². The fraction of sp³-hybridized carbons (Fsp3) is 0.0952. The standard InChI is InChI=1S/C21H17FN4OS/c1-13-3-4-14(21-23-9-10-28-21)11-17(13)19-12-18(25-26(19)2)20(27)24-16-7-5-15(22)6-8-16/h3-12H,1-2H3,(H,24,27). The van der Waals surface area contributed by atoms with Gasteiger partial charge in [-0.1, -0.05) is 12.1 Å². The van der Waals surface area contributed by atoms with Crippen molar-refractivity contribution < 1.29 is 9.18 Å². The molecule has 0 spiro atoms. The van der Waals surface area contributed by atoms with Crippen LogP contribution in [0, 0.1) is 12.7 Å². The van der Waals surface area contributed by atoms with E-state index < -0.39 is 0 Å². The highest BCUT2D eigenvalue weighted by atomic mass is 32.1. The molecule has 0 saturated heterocycles. The monoisotopic (exact) mass is 392 g/mol. The highest BCUT2D eigenvalue weighted by molar-refractivity contribution is 7.13. The first-order chi connectivity index (χ1) is 13.5. The quantitative estimate of drug-likeness (QED) is 0.537. The van der Waals surface area contributed by atoms with Gasteiger partial charge < -0.3 is 5.32 Å². The highest BCUT2D eigenvalue weighted by Gasteiger charge is 2.16. The van der Waals surface area contributed by atoms with Crippen molar-refractivity contribution in [3.8, 4) is 21.8 Å². The summed E-state index contributed by atoms with van der Waals surface area (Å²) in [7, 11) is 1.81. The normalized spacial score (nSPS) is 10.8. The lowest BCUT2D eigenvalue weighted by molar-refractivity contribution is 0.102. The molecule has 0 atom stereocenters. The Bertz CT molecular complexity index is 1130. The van der Waals surface area contributed by atoms with Crippen molar-refractivity contribution in [3.05, 3.63) is 77.2 Å². The Morgan fingerprint density at radius 3 is 2.64 bits per heavy atom. The van der Waals surface area contributed by atoms with Crippen LogP contribution in [0.1, 0.15) is 16.1 Å². The largest absolute Gasteiger partial charge is 0.321 e. The minimum absolute atomic E-state index is 0.292. The number of thiazole rings is 1. The lowest BCUT2D eigenvalue weighted by Crippen LogP contribution is -2.12. The molecule has 0 fully saturated rings. The molecule has 7 heteroatoms. The summed E-state index contributed by atoms with van der Waals surface area (Å²) in [4.78, 5) is 16.9. The fourth-order valence-electron chi connectivity index (χ4n) is 2.96. The number of aryl methyl sites for hydroxylation is 2. The van der Waals surface area contributed by atoms with Gasteiger partial charge in [-0.25, -0.2) is 9.37 Å². The summed E-state index contributed by atoms with van der Waals surface area (Å²) in [5, 5.41) is 9.97. The van der Waals surface area contributed by atoms with Gasteiger partial charge in [0.05, 0.1) is 5.69 Å². The number of carbonyl (C=O) groups excluding carboxylic acids is 1. The SMILES string of the molecule is Cc1ccc(-c2nccs2)cc1-c1cc(C(=O)Nc2ccc(F)cc2)nn1C. The molecular formula is C21H17FN4OS. The van der Waals surface area contributed by atoms with Crippen LogP contribution in [-0.2, 0) is 7.05 Å². The second kappa shape index (κ2) is 7.36. The molecule has 140 valence electrons. The number of carbonyl (C=O) groups is 1. The van der Waals surface area contributed by atoms with Gasteiger partial charge in [-0.2, -0.15) is 5.10 Å². The van der Waals surface area contributed by atoms with Gasteiger partial charge in [-0.05, 0) is 48.9 Å². The molecule has 0 radical (unpaired) electrons. The van der Waals surface area contributed by atoms with Crippen molar-refractivity contribution >= 4 is 22.9 Å².